The van der Waals surface area contributed by atoms with Crippen molar-refractivity contribution in [2.45, 2.75) is 13.5 Å². The molecule has 0 aromatic heterocycles. The minimum absolute atomic E-state index is 0.130. The molecule has 0 unspecified atom stereocenters. The molecule has 0 bridgehead atoms. The number of nitrogen functional groups attached to an aromatic ring is 1. The van der Waals surface area contributed by atoms with E-state index in [-0.39, 0.29) is 12.4 Å². The molecule has 0 aliphatic rings. The van der Waals surface area contributed by atoms with Crippen LogP contribution in [0.25, 0.3) is 0 Å². The van der Waals surface area contributed by atoms with Crippen LogP contribution in [-0.4, -0.2) is 5.78 Å². The summed E-state index contributed by atoms with van der Waals surface area (Å²) >= 11 is 15.5. The number of nitrogens with two attached hydrogens (primary N) is 1. The standard InChI is InChI=1S/C15H12BrCl2NO2/c1-8(20)10-5-9(16)6-14(19)15(10)21-7-11-12(17)3-2-4-13(11)18/h2-6H,7,19H2,1H3. The van der Waals surface area contributed by atoms with Crippen molar-refractivity contribution in [1.82, 2.24) is 0 Å². The molecule has 0 amide bonds. The van der Waals surface area contributed by atoms with Crippen molar-refractivity contribution < 1.29 is 9.53 Å². The summed E-state index contributed by atoms with van der Waals surface area (Å²) in [7, 11) is 0. The highest BCUT2D eigenvalue weighted by Crippen LogP contribution is 2.33. The molecule has 0 aliphatic carbocycles. The number of rotatable bonds is 4. The van der Waals surface area contributed by atoms with Gasteiger partial charge in [0, 0.05) is 20.1 Å². The molecule has 110 valence electrons. The lowest BCUT2D eigenvalue weighted by atomic mass is 10.1. The van der Waals surface area contributed by atoms with Gasteiger partial charge >= 0.3 is 0 Å². The van der Waals surface area contributed by atoms with Gasteiger partial charge in [0.15, 0.2) is 11.5 Å². The Kier molecular flexibility index (Phi) is 5.14. The number of hydrogen-bond acceptors (Lipinski definition) is 3. The normalized spacial score (nSPS) is 10.5. The van der Waals surface area contributed by atoms with Gasteiger partial charge in [-0.2, -0.15) is 0 Å². The summed E-state index contributed by atoms with van der Waals surface area (Å²) in [6, 6.07) is 8.55. The molecule has 0 aliphatic heterocycles. The van der Waals surface area contributed by atoms with Gasteiger partial charge in [0.2, 0.25) is 0 Å². The largest absolute Gasteiger partial charge is 0.486 e. The van der Waals surface area contributed by atoms with E-state index in [9.17, 15) is 4.79 Å². The summed E-state index contributed by atoms with van der Waals surface area (Å²) in [6.45, 7) is 1.58. The van der Waals surface area contributed by atoms with Crippen LogP contribution < -0.4 is 10.5 Å². The van der Waals surface area contributed by atoms with Crippen LogP contribution >= 0.6 is 39.1 Å². The number of carbonyl (C=O) groups excluding carboxylic acids is 1. The van der Waals surface area contributed by atoms with Gasteiger partial charge in [-0.3, -0.25) is 4.79 Å². The monoisotopic (exact) mass is 387 g/mol. The molecular weight excluding hydrogens is 377 g/mol. The quantitative estimate of drug-likeness (QED) is 0.584. The first-order valence-electron chi connectivity index (χ1n) is 6.05. The average molecular weight is 389 g/mol. The van der Waals surface area contributed by atoms with Crippen LogP contribution in [0.1, 0.15) is 22.8 Å². The average Bonchev–Trinajstić information content (AvgIpc) is 2.39. The molecule has 0 atom stereocenters. The third kappa shape index (κ3) is 3.70. The van der Waals surface area contributed by atoms with Crippen LogP contribution in [0, 0.1) is 0 Å². The Labute approximate surface area is 141 Å². The summed E-state index contributed by atoms with van der Waals surface area (Å²) in [5.41, 5.74) is 7.36. The predicted molar refractivity (Wildman–Crippen MR) is 89.4 cm³/mol. The molecule has 2 N–H and O–H groups in total. The van der Waals surface area contributed by atoms with Gasteiger partial charge in [0.05, 0.1) is 11.3 Å². The van der Waals surface area contributed by atoms with E-state index in [0.29, 0.717) is 37.1 Å². The van der Waals surface area contributed by atoms with Crippen LogP contribution in [0.3, 0.4) is 0 Å². The van der Waals surface area contributed by atoms with E-state index in [1.165, 1.54) is 6.92 Å². The number of benzene rings is 2. The Morgan fingerprint density at radius 2 is 1.90 bits per heavy atom. The van der Waals surface area contributed by atoms with E-state index in [0.717, 1.165) is 0 Å². The fourth-order valence-electron chi connectivity index (χ4n) is 1.85. The van der Waals surface area contributed by atoms with Crippen molar-refractivity contribution in [2.75, 3.05) is 5.73 Å². The SMILES string of the molecule is CC(=O)c1cc(Br)cc(N)c1OCc1c(Cl)cccc1Cl. The van der Waals surface area contributed by atoms with Crippen molar-refractivity contribution in [1.29, 1.82) is 0 Å². The molecule has 0 heterocycles. The van der Waals surface area contributed by atoms with E-state index in [1.54, 1.807) is 30.3 Å². The predicted octanol–water partition coefficient (Wildman–Crippen LogP) is 5.12. The smallest absolute Gasteiger partial charge is 0.163 e. The number of hydrogen-bond donors (Lipinski definition) is 1. The van der Waals surface area contributed by atoms with Crippen molar-refractivity contribution in [2.24, 2.45) is 0 Å². The molecule has 0 fully saturated rings. The summed E-state index contributed by atoms with van der Waals surface area (Å²) in [5.74, 6) is 0.199. The number of ether oxygens (including phenoxy) is 1. The maximum absolute atomic E-state index is 11.7. The summed E-state index contributed by atoms with van der Waals surface area (Å²) < 4.78 is 6.41. The highest BCUT2D eigenvalue weighted by molar-refractivity contribution is 9.10. The van der Waals surface area contributed by atoms with Gasteiger partial charge < -0.3 is 10.5 Å². The topological polar surface area (TPSA) is 52.3 Å². The van der Waals surface area contributed by atoms with E-state index in [1.807, 2.05) is 0 Å². The number of halogens is 3. The number of anilines is 1. The zero-order valence-electron chi connectivity index (χ0n) is 11.1. The molecule has 0 radical (unpaired) electrons. The molecule has 2 aromatic carbocycles. The minimum Gasteiger partial charge on any atom is -0.486 e. The number of carbonyl (C=O) groups is 1. The Balaban J connectivity index is 2.34. The molecule has 3 nitrogen and oxygen atoms in total. The molecule has 0 saturated carbocycles. The molecule has 6 heteroatoms. The maximum atomic E-state index is 11.7. The summed E-state index contributed by atoms with van der Waals surface area (Å²) in [4.78, 5) is 11.7. The zero-order valence-corrected chi connectivity index (χ0v) is 14.2. The number of ketones is 1. The third-order valence-corrected chi connectivity index (χ3v) is 4.05. The van der Waals surface area contributed by atoms with E-state index in [2.05, 4.69) is 15.9 Å². The second-order valence-corrected chi connectivity index (χ2v) is 6.15. The van der Waals surface area contributed by atoms with E-state index < -0.39 is 0 Å². The molecule has 2 aromatic rings. The molecule has 2 rings (SSSR count). The van der Waals surface area contributed by atoms with Gasteiger partial charge in [0.25, 0.3) is 0 Å². The highest BCUT2D eigenvalue weighted by atomic mass is 79.9. The van der Waals surface area contributed by atoms with Crippen LogP contribution in [0.15, 0.2) is 34.8 Å². The van der Waals surface area contributed by atoms with Gasteiger partial charge in [-0.15, -0.1) is 0 Å². The second kappa shape index (κ2) is 6.69. The lowest BCUT2D eigenvalue weighted by molar-refractivity contribution is 0.101. The first-order valence-corrected chi connectivity index (χ1v) is 7.60. The van der Waals surface area contributed by atoms with Crippen molar-refractivity contribution in [3.05, 3.63) is 56.0 Å². The Morgan fingerprint density at radius 1 is 1.29 bits per heavy atom. The Hall–Kier alpha value is -1.23. The van der Waals surface area contributed by atoms with Gasteiger partial charge in [-0.25, -0.2) is 0 Å². The molecule has 0 saturated heterocycles. The first kappa shape index (κ1) is 16.1. The van der Waals surface area contributed by atoms with Gasteiger partial charge in [0.1, 0.15) is 6.61 Å². The van der Waals surface area contributed by atoms with Crippen molar-refractivity contribution in [3.8, 4) is 5.75 Å². The summed E-state index contributed by atoms with van der Waals surface area (Å²) in [5, 5.41) is 1.00. The van der Waals surface area contributed by atoms with E-state index >= 15 is 0 Å². The fraction of sp³-hybridized carbons (Fsp3) is 0.133. The third-order valence-electron chi connectivity index (χ3n) is 2.88. The highest BCUT2D eigenvalue weighted by Gasteiger charge is 2.15. The summed E-state index contributed by atoms with van der Waals surface area (Å²) in [6.07, 6.45) is 0. The Morgan fingerprint density at radius 3 is 2.48 bits per heavy atom. The minimum atomic E-state index is -0.136. The lowest BCUT2D eigenvalue weighted by Crippen LogP contribution is -2.05. The second-order valence-electron chi connectivity index (χ2n) is 4.42. The van der Waals surface area contributed by atoms with Crippen molar-refractivity contribution in [3.63, 3.8) is 0 Å². The van der Waals surface area contributed by atoms with Crippen LogP contribution in [0.5, 0.6) is 5.75 Å². The van der Waals surface area contributed by atoms with Crippen LogP contribution in [0.2, 0.25) is 10.0 Å². The Bertz CT molecular complexity index is 684. The van der Waals surface area contributed by atoms with Crippen LogP contribution in [0.4, 0.5) is 5.69 Å². The molecule has 21 heavy (non-hydrogen) atoms. The fourth-order valence-corrected chi connectivity index (χ4v) is 2.83. The lowest BCUT2D eigenvalue weighted by Gasteiger charge is -2.14. The van der Waals surface area contributed by atoms with Crippen molar-refractivity contribution >= 4 is 50.6 Å². The van der Waals surface area contributed by atoms with Gasteiger partial charge in [-0.1, -0.05) is 45.2 Å². The maximum Gasteiger partial charge on any atom is 0.163 e. The van der Waals surface area contributed by atoms with Gasteiger partial charge in [-0.05, 0) is 31.2 Å². The number of Topliss-reactive ketones (excluding diaryl/α,β-unsaturated/α-hetero) is 1. The van der Waals surface area contributed by atoms with Crippen LogP contribution in [-0.2, 0) is 6.61 Å². The first-order chi connectivity index (χ1) is 9.90. The molecule has 0 spiro atoms. The molecular formula is C15H12BrCl2NO2. The zero-order chi connectivity index (χ0) is 15.6. The van der Waals surface area contributed by atoms with E-state index in [4.69, 9.17) is 33.7 Å².